The number of nitrogens with one attached hydrogen (secondary N) is 1. The third-order valence-electron chi connectivity index (χ3n) is 11.2. The molecule has 0 bridgehead atoms. The van der Waals surface area contributed by atoms with Crippen molar-refractivity contribution in [1.29, 1.82) is 0 Å². The lowest BCUT2D eigenvalue weighted by Gasteiger charge is -2.24. The van der Waals surface area contributed by atoms with Crippen molar-refractivity contribution < 1.29 is 24.5 Å². The van der Waals surface area contributed by atoms with Gasteiger partial charge in [0, 0.05) is 6.42 Å². The van der Waals surface area contributed by atoms with Crippen LogP contribution < -0.4 is 5.32 Å². The summed E-state index contributed by atoms with van der Waals surface area (Å²) in [5, 5.41) is 23.6. The molecule has 0 aromatic heterocycles. The van der Waals surface area contributed by atoms with Crippen molar-refractivity contribution in [1.82, 2.24) is 5.32 Å². The van der Waals surface area contributed by atoms with E-state index in [-0.39, 0.29) is 24.9 Å². The fourth-order valence-electron chi connectivity index (χ4n) is 7.32. The number of aliphatic hydroxyl groups is 2. The monoisotopic (exact) mass is 826 g/mol. The first-order valence-electron chi connectivity index (χ1n) is 25.1. The Kier molecular flexibility index (Phi) is 44.7. The van der Waals surface area contributed by atoms with Crippen LogP contribution in [0.5, 0.6) is 0 Å². The summed E-state index contributed by atoms with van der Waals surface area (Å²) in [6, 6.07) is -0.709. The van der Waals surface area contributed by atoms with Crippen LogP contribution in [-0.2, 0) is 14.3 Å². The molecule has 6 heteroatoms. The number of esters is 1. The van der Waals surface area contributed by atoms with Crippen molar-refractivity contribution in [2.75, 3.05) is 6.61 Å². The molecule has 0 aliphatic rings. The Hall–Kier alpha value is -2.44. The van der Waals surface area contributed by atoms with Gasteiger partial charge in [-0.15, -0.1) is 0 Å². The molecule has 0 spiro atoms. The largest absolute Gasteiger partial charge is 0.462 e. The first-order valence-corrected chi connectivity index (χ1v) is 25.1. The second-order valence-electron chi connectivity index (χ2n) is 17.0. The van der Waals surface area contributed by atoms with E-state index in [1.54, 1.807) is 0 Å². The van der Waals surface area contributed by atoms with Crippen molar-refractivity contribution in [2.24, 2.45) is 0 Å². The lowest BCUT2D eigenvalue weighted by Crippen LogP contribution is -2.46. The molecule has 3 unspecified atom stereocenters. The van der Waals surface area contributed by atoms with Gasteiger partial charge in [0.05, 0.1) is 25.2 Å². The van der Waals surface area contributed by atoms with Crippen LogP contribution in [0.3, 0.4) is 0 Å². The van der Waals surface area contributed by atoms with Crippen LogP contribution in [-0.4, -0.2) is 46.9 Å². The lowest BCUT2D eigenvalue weighted by atomic mass is 10.0. The molecule has 6 nitrogen and oxygen atoms in total. The van der Waals surface area contributed by atoms with E-state index >= 15 is 0 Å². The molecular formula is C53H95NO5. The van der Waals surface area contributed by atoms with E-state index in [0.717, 1.165) is 89.9 Å². The molecule has 0 aromatic rings. The number of carbonyl (C=O) groups is 2. The van der Waals surface area contributed by atoms with Crippen LogP contribution in [0.25, 0.3) is 0 Å². The zero-order valence-electron chi connectivity index (χ0n) is 38.9. The number of amides is 1. The van der Waals surface area contributed by atoms with Crippen LogP contribution >= 0.6 is 0 Å². The van der Waals surface area contributed by atoms with E-state index in [9.17, 15) is 19.8 Å². The molecule has 0 radical (unpaired) electrons. The van der Waals surface area contributed by atoms with Gasteiger partial charge in [-0.25, -0.2) is 0 Å². The number of ether oxygens (including phenoxy) is 1. The maximum Gasteiger partial charge on any atom is 0.306 e. The standard InChI is InChI=1S/C53H95NO5/c1-4-7-10-13-16-19-21-23-24-25-26-27-29-31-34-37-40-43-46-53(58)59-49(44-41-38-35-33-30-28-22-20-17-14-11-8-5-2)47-52(57)54-50(48-55)51(56)45-42-39-36-32-18-15-12-9-6-3/h16,19-27,49-51,55-56H,4-15,17-18,28-48H2,1-3H3,(H,54,57)/b19-16+,22-20-,23-21+,25-24+,27-26+. The molecule has 0 aromatic carbocycles. The summed E-state index contributed by atoms with van der Waals surface area (Å²) < 4.78 is 5.91. The number of hydrogen-bond donors (Lipinski definition) is 3. The van der Waals surface area contributed by atoms with Gasteiger partial charge in [-0.2, -0.15) is 0 Å². The molecule has 0 heterocycles. The Labute approximate surface area is 365 Å². The van der Waals surface area contributed by atoms with Crippen molar-refractivity contribution in [2.45, 2.75) is 257 Å². The van der Waals surface area contributed by atoms with Gasteiger partial charge in [-0.3, -0.25) is 9.59 Å². The summed E-state index contributed by atoms with van der Waals surface area (Å²) in [4.78, 5) is 26.1. The predicted octanol–water partition coefficient (Wildman–Crippen LogP) is 14.8. The van der Waals surface area contributed by atoms with Crippen molar-refractivity contribution in [3.63, 3.8) is 0 Å². The fraction of sp³-hybridized carbons (Fsp3) is 0.774. The molecular weight excluding hydrogens is 731 g/mol. The van der Waals surface area contributed by atoms with Crippen LogP contribution in [0.1, 0.15) is 239 Å². The minimum atomic E-state index is -0.793. The van der Waals surface area contributed by atoms with E-state index in [0.29, 0.717) is 19.3 Å². The molecule has 342 valence electrons. The number of allylic oxidation sites excluding steroid dienone is 10. The Morgan fingerprint density at radius 3 is 1.41 bits per heavy atom. The maximum absolute atomic E-state index is 13.2. The Morgan fingerprint density at radius 1 is 0.492 bits per heavy atom. The number of unbranched alkanes of at least 4 members (excludes halogenated alkanes) is 25. The minimum Gasteiger partial charge on any atom is -0.462 e. The summed E-state index contributed by atoms with van der Waals surface area (Å²) in [6.07, 6.45) is 57.0. The highest BCUT2D eigenvalue weighted by molar-refractivity contribution is 5.77. The lowest BCUT2D eigenvalue weighted by molar-refractivity contribution is -0.151. The number of hydrogen-bond acceptors (Lipinski definition) is 5. The first-order chi connectivity index (χ1) is 29.0. The second kappa shape index (κ2) is 46.6. The second-order valence-corrected chi connectivity index (χ2v) is 17.0. The highest BCUT2D eigenvalue weighted by Crippen LogP contribution is 2.17. The Morgan fingerprint density at radius 2 is 0.881 bits per heavy atom. The summed E-state index contributed by atoms with van der Waals surface area (Å²) in [7, 11) is 0. The highest BCUT2D eigenvalue weighted by atomic mass is 16.5. The summed E-state index contributed by atoms with van der Waals surface area (Å²) in [6.45, 7) is 6.40. The number of aliphatic hydroxyl groups excluding tert-OH is 2. The summed E-state index contributed by atoms with van der Waals surface area (Å²) >= 11 is 0. The van der Waals surface area contributed by atoms with Gasteiger partial charge >= 0.3 is 5.97 Å². The van der Waals surface area contributed by atoms with Gasteiger partial charge in [-0.05, 0) is 77.0 Å². The summed E-state index contributed by atoms with van der Waals surface area (Å²) in [5.74, 6) is -0.509. The van der Waals surface area contributed by atoms with Gasteiger partial charge in [-0.1, -0.05) is 210 Å². The molecule has 0 saturated heterocycles. The molecule has 0 aliphatic heterocycles. The molecule has 0 aliphatic carbocycles. The molecule has 0 fully saturated rings. The van der Waals surface area contributed by atoms with Crippen LogP contribution in [0.4, 0.5) is 0 Å². The van der Waals surface area contributed by atoms with Gasteiger partial charge in [0.1, 0.15) is 6.10 Å². The van der Waals surface area contributed by atoms with E-state index < -0.39 is 18.2 Å². The SMILES string of the molecule is CCCCC/C=C/C=C/C=C/C=C/CCCCCCCC(=O)OC(CCCCCCC/C=C\CCCCCC)CC(=O)NC(CO)C(O)CCCCCCCCCCC. The Balaban J connectivity index is 4.63. The predicted molar refractivity (Wildman–Crippen MR) is 255 cm³/mol. The van der Waals surface area contributed by atoms with Crippen LogP contribution in [0, 0.1) is 0 Å². The smallest absolute Gasteiger partial charge is 0.306 e. The average molecular weight is 826 g/mol. The molecule has 0 rings (SSSR count). The topological polar surface area (TPSA) is 95.9 Å². The van der Waals surface area contributed by atoms with E-state index in [1.807, 2.05) is 0 Å². The number of carbonyl (C=O) groups excluding carboxylic acids is 2. The molecule has 3 N–H and O–H groups in total. The van der Waals surface area contributed by atoms with Crippen LogP contribution in [0.15, 0.2) is 60.8 Å². The highest BCUT2D eigenvalue weighted by Gasteiger charge is 2.24. The zero-order chi connectivity index (χ0) is 43.1. The summed E-state index contributed by atoms with van der Waals surface area (Å²) in [5.41, 5.74) is 0. The minimum absolute atomic E-state index is 0.0607. The van der Waals surface area contributed by atoms with Gasteiger partial charge in [0.25, 0.3) is 0 Å². The quantitative estimate of drug-likeness (QED) is 0.0246. The molecule has 3 atom stereocenters. The maximum atomic E-state index is 13.2. The number of rotatable bonds is 44. The molecule has 59 heavy (non-hydrogen) atoms. The normalized spacial score (nSPS) is 13.8. The Bertz CT molecular complexity index is 1060. The van der Waals surface area contributed by atoms with Crippen molar-refractivity contribution in [3.8, 4) is 0 Å². The third kappa shape index (κ3) is 42.1. The first kappa shape index (κ1) is 56.6. The van der Waals surface area contributed by atoms with E-state index in [4.69, 9.17) is 4.74 Å². The fourth-order valence-corrected chi connectivity index (χ4v) is 7.32. The van der Waals surface area contributed by atoms with Crippen molar-refractivity contribution in [3.05, 3.63) is 60.8 Å². The zero-order valence-corrected chi connectivity index (χ0v) is 38.9. The van der Waals surface area contributed by atoms with E-state index in [1.165, 1.54) is 103 Å². The average Bonchev–Trinajstić information content (AvgIpc) is 3.23. The molecule has 1 amide bonds. The van der Waals surface area contributed by atoms with Gasteiger partial charge in [0.15, 0.2) is 0 Å². The molecule has 0 saturated carbocycles. The van der Waals surface area contributed by atoms with Gasteiger partial charge < -0.3 is 20.3 Å². The van der Waals surface area contributed by atoms with Crippen molar-refractivity contribution >= 4 is 11.9 Å². The third-order valence-corrected chi connectivity index (χ3v) is 11.2. The van der Waals surface area contributed by atoms with Gasteiger partial charge in [0.2, 0.25) is 5.91 Å². The van der Waals surface area contributed by atoms with E-state index in [2.05, 4.69) is 86.8 Å². The van der Waals surface area contributed by atoms with Crippen LogP contribution in [0.2, 0.25) is 0 Å².